The number of hydrogen-bond donors (Lipinski definition) is 4. The van der Waals surface area contributed by atoms with Crippen LogP contribution in [-0.2, 0) is 25.7 Å². The average Bonchev–Trinajstić information content (AvgIpc) is 3.55. The van der Waals surface area contributed by atoms with Crippen molar-refractivity contribution in [1.82, 2.24) is 46.4 Å². The Morgan fingerprint density at radius 1 is 1.12 bits per heavy atom. The first-order valence-electron chi connectivity index (χ1n) is 13.8. The van der Waals surface area contributed by atoms with Gasteiger partial charge in [0, 0.05) is 6.04 Å². The molecule has 0 aromatic carbocycles. The van der Waals surface area contributed by atoms with Crippen LogP contribution >= 0.6 is 0 Å². The zero-order valence-corrected chi connectivity index (χ0v) is 23.9. The van der Waals surface area contributed by atoms with Crippen LogP contribution in [0.5, 0.6) is 0 Å². The topological polar surface area (TPSA) is 192 Å². The second-order valence-electron chi connectivity index (χ2n) is 11.3. The van der Waals surface area contributed by atoms with Gasteiger partial charge in [-0.05, 0) is 39.5 Å². The number of aromatic amines is 1. The van der Waals surface area contributed by atoms with Crippen molar-refractivity contribution >= 4 is 29.8 Å². The summed E-state index contributed by atoms with van der Waals surface area (Å²) < 4.78 is 5.28. The molecule has 3 atom stereocenters. The van der Waals surface area contributed by atoms with Gasteiger partial charge in [0.15, 0.2) is 5.82 Å². The van der Waals surface area contributed by atoms with E-state index in [0.717, 1.165) is 37.0 Å². The minimum absolute atomic E-state index is 0.0326. The molecule has 1 aliphatic heterocycles. The Morgan fingerprint density at radius 2 is 1.82 bits per heavy atom. The van der Waals surface area contributed by atoms with Crippen LogP contribution in [0.4, 0.5) is 9.59 Å². The molecule has 0 unspecified atom stereocenters. The van der Waals surface area contributed by atoms with Crippen LogP contribution in [0.25, 0.3) is 0 Å². The largest absolute Gasteiger partial charge is 0.444 e. The van der Waals surface area contributed by atoms with Crippen LogP contribution in [-0.4, -0.2) is 97.1 Å². The molecule has 1 aromatic rings. The fourth-order valence-electron chi connectivity index (χ4n) is 4.83. The number of nitrogens with zero attached hydrogens (tertiary/aromatic N) is 5. The summed E-state index contributed by atoms with van der Waals surface area (Å²) in [7, 11) is 0. The summed E-state index contributed by atoms with van der Waals surface area (Å²) >= 11 is 0. The molecule has 4 N–H and O–H groups in total. The van der Waals surface area contributed by atoms with E-state index in [1.165, 1.54) is 0 Å². The number of nitrogens with one attached hydrogen (secondary N) is 4. The van der Waals surface area contributed by atoms with Gasteiger partial charge in [-0.1, -0.05) is 44.7 Å². The molecule has 1 saturated carbocycles. The number of H-pyrrole nitrogens is 1. The van der Waals surface area contributed by atoms with Crippen molar-refractivity contribution in [3.05, 3.63) is 5.82 Å². The Kier molecular flexibility index (Phi) is 10.4. The molecule has 6 amide bonds. The molecule has 222 valence electrons. The van der Waals surface area contributed by atoms with E-state index < -0.39 is 54.1 Å². The smallest absolute Gasteiger partial charge is 0.408 e. The second-order valence-corrected chi connectivity index (χ2v) is 11.3. The molecule has 0 radical (unpaired) electrons. The molecule has 2 fully saturated rings. The van der Waals surface area contributed by atoms with Gasteiger partial charge in [-0.3, -0.25) is 14.4 Å². The van der Waals surface area contributed by atoms with Gasteiger partial charge in [-0.15, -0.1) is 10.2 Å². The number of aromatic nitrogens is 4. The first-order chi connectivity index (χ1) is 18.9. The van der Waals surface area contributed by atoms with Crippen molar-refractivity contribution in [3.63, 3.8) is 0 Å². The Bertz CT molecular complexity index is 1050. The lowest BCUT2D eigenvalue weighted by atomic mass is 9.94. The summed E-state index contributed by atoms with van der Waals surface area (Å²) in [5.41, 5.74) is -0.754. The Morgan fingerprint density at radius 3 is 2.42 bits per heavy atom. The molecule has 2 heterocycles. The van der Waals surface area contributed by atoms with Gasteiger partial charge in [-0.2, -0.15) is 5.21 Å². The third kappa shape index (κ3) is 8.11. The molecule has 15 nitrogen and oxygen atoms in total. The number of hydrogen-bond acceptors (Lipinski definition) is 9. The van der Waals surface area contributed by atoms with E-state index in [-0.39, 0.29) is 30.9 Å². The van der Waals surface area contributed by atoms with Gasteiger partial charge in [-0.25, -0.2) is 14.5 Å². The summed E-state index contributed by atoms with van der Waals surface area (Å²) in [6.07, 6.45) is 4.44. The monoisotopic (exact) mass is 563 g/mol. The molecule has 1 aromatic heterocycles. The van der Waals surface area contributed by atoms with E-state index in [1.807, 2.05) is 6.92 Å². The summed E-state index contributed by atoms with van der Waals surface area (Å²) in [6, 6.07) is -2.67. The minimum Gasteiger partial charge on any atom is -0.444 e. The van der Waals surface area contributed by atoms with Crippen LogP contribution in [0.15, 0.2) is 0 Å². The maximum atomic E-state index is 13.4. The van der Waals surface area contributed by atoms with E-state index in [1.54, 1.807) is 32.6 Å². The lowest BCUT2D eigenvalue weighted by Gasteiger charge is -2.30. The number of rotatable bonds is 10. The summed E-state index contributed by atoms with van der Waals surface area (Å²) in [6.45, 7) is 8.28. The van der Waals surface area contributed by atoms with Crippen LogP contribution < -0.4 is 16.0 Å². The predicted molar refractivity (Wildman–Crippen MR) is 141 cm³/mol. The zero-order chi connectivity index (χ0) is 29.4. The van der Waals surface area contributed by atoms with Gasteiger partial charge < -0.3 is 25.6 Å². The van der Waals surface area contributed by atoms with Gasteiger partial charge in [0.2, 0.25) is 11.8 Å². The fraction of sp³-hybridized carbons (Fsp3) is 0.760. The molecule has 2 aliphatic rings. The number of alkyl carbamates (subject to hydrolysis) is 1. The van der Waals surface area contributed by atoms with Crippen molar-refractivity contribution in [2.24, 2.45) is 5.92 Å². The van der Waals surface area contributed by atoms with Crippen LogP contribution in [0, 0.1) is 5.92 Å². The van der Waals surface area contributed by atoms with Gasteiger partial charge >= 0.3 is 12.1 Å². The molecule has 15 heteroatoms. The summed E-state index contributed by atoms with van der Waals surface area (Å²) in [5, 5.41) is 21.1. The van der Waals surface area contributed by atoms with E-state index in [4.69, 9.17) is 4.74 Å². The lowest BCUT2D eigenvalue weighted by molar-refractivity contribution is -0.136. The molecule has 3 rings (SSSR count). The second kappa shape index (κ2) is 13.5. The SMILES string of the molecule is CC[C@H](C)[C@H](NC(=O)OC(C)(C)C)C(=O)NCC(=O)N1C(=O)N(C2CCCCC2)C[C@H]1C(=O)NCc1nn[nH]n1. The quantitative estimate of drug-likeness (QED) is 0.319. The van der Waals surface area contributed by atoms with Crippen molar-refractivity contribution in [3.8, 4) is 0 Å². The first-order valence-corrected chi connectivity index (χ1v) is 13.8. The molecule has 1 saturated heterocycles. The molecule has 0 bridgehead atoms. The minimum atomic E-state index is -1.09. The number of urea groups is 1. The predicted octanol–water partition coefficient (Wildman–Crippen LogP) is 0.837. The highest BCUT2D eigenvalue weighted by Crippen LogP contribution is 2.28. The standard InChI is InChI=1S/C25H41N9O6/c1-6-15(2)20(28-23(38)40-25(3,4)5)22(37)27-13-19(35)34-17(21(36)26-12-18-29-31-32-30-18)14-33(24(34)39)16-10-8-7-9-11-16/h15-17,20H,6-14H2,1-5H3,(H,26,36)(H,27,37)(H,28,38)(H,29,30,31,32)/t15-,17-,20-/m0/s1. The molecule has 1 aliphatic carbocycles. The Balaban J connectivity index is 1.70. The lowest BCUT2D eigenvalue weighted by Crippen LogP contribution is -2.55. The number of carbonyl (C=O) groups excluding carboxylic acids is 5. The van der Waals surface area contributed by atoms with E-state index in [9.17, 15) is 24.0 Å². The fourth-order valence-corrected chi connectivity index (χ4v) is 4.83. The number of carbonyl (C=O) groups is 5. The first kappa shape index (κ1) is 30.8. The van der Waals surface area contributed by atoms with Gasteiger partial charge in [0.25, 0.3) is 5.91 Å². The van der Waals surface area contributed by atoms with Gasteiger partial charge in [0.1, 0.15) is 17.7 Å². The van der Waals surface area contributed by atoms with Crippen molar-refractivity contribution in [2.75, 3.05) is 13.1 Å². The zero-order valence-electron chi connectivity index (χ0n) is 23.9. The normalized spacial score (nSPS) is 19.6. The summed E-state index contributed by atoms with van der Waals surface area (Å²) in [5.74, 6) is -1.87. The van der Waals surface area contributed by atoms with Crippen molar-refractivity contribution in [2.45, 2.75) is 103 Å². The van der Waals surface area contributed by atoms with E-state index >= 15 is 0 Å². The molecular formula is C25H41N9O6. The maximum Gasteiger partial charge on any atom is 0.408 e. The number of imide groups is 1. The number of ether oxygens (including phenoxy) is 1. The number of amides is 6. The summed E-state index contributed by atoms with van der Waals surface area (Å²) in [4.78, 5) is 67.8. The highest BCUT2D eigenvalue weighted by Gasteiger charge is 2.47. The van der Waals surface area contributed by atoms with Crippen LogP contribution in [0.1, 0.15) is 79.0 Å². The Labute approximate surface area is 233 Å². The molecule has 0 spiro atoms. The Hall–Kier alpha value is -3.78. The third-order valence-electron chi connectivity index (χ3n) is 7.11. The maximum absolute atomic E-state index is 13.4. The van der Waals surface area contributed by atoms with Crippen molar-refractivity contribution < 1.29 is 28.7 Å². The van der Waals surface area contributed by atoms with Crippen LogP contribution in [0.3, 0.4) is 0 Å². The van der Waals surface area contributed by atoms with Gasteiger partial charge in [0.05, 0.1) is 19.6 Å². The highest BCUT2D eigenvalue weighted by molar-refractivity contribution is 6.04. The number of tetrazole rings is 1. The molecular weight excluding hydrogens is 522 g/mol. The van der Waals surface area contributed by atoms with Crippen LogP contribution in [0.2, 0.25) is 0 Å². The average molecular weight is 564 g/mol. The third-order valence-corrected chi connectivity index (χ3v) is 7.11. The molecule has 40 heavy (non-hydrogen) atoms. The van der Waals surface area contributed by atoms with E-state index in [0.29, 0.717) is 6.42 Å². The van der Waals surface area contributed by atoms with E-state index in [2.05, 4.69) is 36.6 Å². The highest BCUT2D eigenvalue weighted by atomic mass is 16.6. The van der Waals surface area contributed by atoms with Crippen molar-refractivity contribution in [1.29, 1.82) is 0 Å².